The van der Waals surface area contributed by atoms with E-state index in [1.54, 1.807) is 34.5 Å². The molecule has 0 aliphatic carbocycles. The van der Waals surface area contributed by atoms with Crippen LogP contribution in [0.2, 0.25) is 5.02 Å². The molecule has 0 atom stereocenters. The van der Waals surface area contributed by atoms with Gasteiger partial charge in [0, 0.05) is 21.5 Å². The largest absolute Gasteiger partial charge is 0.269 e. The van der Waals surface area contributed by atoms with Crippen LogP contribution >= 0.6 is 35.1 Å². The monoisotopic (exact) mass is 374 g/mol. The van der Waals surface area contributed by atoms with Gasteiger partial charge in [0.05, 0.1) is 5.69 Å². The van der Waals surface area contributed by atoms with Gasteiger partial charge in [-0.2, -0.15) is 0 Å². The Balaban J connectivity index is 2.23. The molecular formula is C18H15ClN2OS2. The Labute approximate surface area is 154 Å². The topological polar surface area (TPSA) is 34.9 Å². The van der Waals surface area contributed by atoms with Gasteiger partial charge in [0.25, 0.3) is 5.56 Å². The zero-order valence-corrected chi connectivity index (χ0v) is 15.6. The van der Waals surface area contributed by atoms with Gasteiger partial charge in [0.2, 0.25) is 0 Å². The van der Waals surface area contributed by atoms with E-state index in [4.69, 9.17) is 11.6 Å². The summed E-state index contributed by atoms with van der Waals surface area (Å²) in [7, 11) is 0. The number of hydrogen-bond acceptors (Lipinski definition) is 4. The molecule has 0 fully saturated rings. The van der Waals surface area contributed by atoms with Crippen LogP contribution in [0, 0.1) is 0 Å². The molecule has 1 heterocycles. The molecule has 0 bridgehead atoms. The Morgan fingerprint density at radius 3 is 2.21 bits per heavy atom. The van der Waals surface area contributed by atoms with E-state index in [0.717, 1.165) is 16.1 Å². The Bertz CT molecular complexity index is 906. The summed E-state index contributed by atoms with van der Waals surface area (Å²) in [6, 6.07) is 16.8. The van der Waals surface area contributed by atoms with E-state index in [-0.39, 0.29) is 5.56 Å². The fraction of sp³-hybridized carbons (Fsp3) is 0.111. The molecule has 0 amide bonds. The smallest absolute Gasteiger partial charge is 0.259 e. The molecule has 122 valence electrons. The minimum absolute atomic E-state index is 0.101. The van der Waals surface area contributed by atoms with Crippen molar-refractivity contribution in [3.8, 4) is 17.1 Å². The van der Waals surface area contributed by atoms with E-state index in [2.05, 4.69) is 4.98 Å². The highest BCUT2D eigenvalue weighted by atomic mass is 35.5. The van der Waals surface area contributed by atoms with Crippen molar-refractivity contribution >= 4 is 35.1 Å². The number of hydrogen-bond donors (Lipinski definition) is 0. The molecule has 0 spiro atoms. The van der Waals surface area contributed by atoms with Gasteiger partial charge < -0.3 is 0 Å². The van der Waals surface area contributed by atoms with Gasteiger partial charge in [-0.1, -0.05) is 11.6 Å². The molecule has 0 saturated carbocycles. The van der Waals surface area contributed by atoms with E-state index in [1.165, 1.54) is 11.8 Å². The molecule has 2 aromatic carbocycles. The van der Waals surface area contributed by atoms with Gasteiger partial charge >= 0.3 is 0 Å². The van der Waals surface area contributed by atoms with Gasteiger partial charge in [-0.25, -0.2) is 4.98 Å². The first-order valence-corrected chi connectivity index (χ1v) is 10.0. The molecule has 3 nitrogen and oxygen atoms in total. The van der Waals surface area contributed by atoms with E-state index in [0.29, 0.717) is 15.9 Å². The summed E-state index contributed by atoms with van der Waals surface area (Å²) in [4.78, 5) is 18.5. The van der Waals surface area contributed by atoms with Gasteiger partial charge in [0.1, 0.15) is 10.9 Å². The van der Waals surface area contributed by atoms with Crippen molar-refractivity contribution in [1.29, 1.82) is 0 Å². The molecule has 0 aliphatic rings. The highest BCUT2D eigenvalue weighted by Gasteiger charge is 2.12. The van der Waals surface area contributed by atoms with Crippen LogP contribution in [0.15, 0.2) is 69.3 Å². The standard InChI is InChI=1S/C18H15ClN2OS2/c1-23-15-9-7-14(8-10-15)21-17(22)11-16(24-2)20-18(21)12-3-5-13(19)6-4-12/h3-11H,1-2H3. The SMILES string of the molecule is CSc1ccc(-n2c(-c3ccc(Cl)cc3)nc(SC)cc2=O)cc1. The van der Waals surface area contributed by atoms with Crippen molar-refractivity contribution < 1.29 is 0 Å². The fourth-order valence-electron chi connectivity index (χ4n) is 2.34. The van der Waals surface area contributed by atoms with Crippen LogP contribution in [0.5, 0.6) is 0 Å². The molecule has 0 N–H and O–H groups in total. The van der Waals surface area contributed by atoms with Crippen LogP contribution in [0.25, 0.3) is 17.1 Å². The predicted octanol–water partition coefficient (Wildman–Crippen LogP) is 5.00. The van der Waals surface area contributed by atoms with Crippen LogP contribution in [0.4, 0.5) is 0 Å². The summed E-state index contributed by atoms with van der Waals surface area (Å²) in [5, 5.41) is 1.35. The zero-order valence-electron chi connectivity index (χ0n) is 13.2. The predicted molar refractivity (Wildman–Crippen MR) is 104 cm³/mol. The van der Waals surface area contributed by atoms with Crippen molar-refractivity contribution in [2.75, 3.05) is 12.5 Å². The van der Waals surface area contributed by atoms with Crippen molar-refractivity contribution in [2.24, 2.45) is 0 Å². The number of aromatic nitrogens is 2. The Morgan fingerprint density at radius 2 is 1.62 bits per heavy atom. The molecular weight excluding hydrogens is 360 g/mol. The fourth-order valence-corrected chi connectivity index (χ4v) is 3.27. The van der Waals surface area contributed by atoms with Crippen LogP contribution in [-0.4, -0.2) is 22.1 Å². The summed E-state index contributed by atoms with van der Waals surface area (Å²) in [5.41, 5.74) is 1.54. The first-order chi connectivity index (χ1) is 11.6. The molecule has 3 aromatic rings. The average molecular weight is 375 g/mol. The molecule has 0 saturated heterocycles. The van der Waals surface area contributed by atoms with Crippen LogP contribution in [0.1, 0.15) is 0 Å². The summed E-state index contributed by atoms with van der Waals surface area (Å²) in [5.74, 6) is 0.611. The second-order valence-electron chi connectivity index (χ2n) is 5.00. The maximum absolute atomic E-state index is 12.7. The lowest BCUT2D eigenvalue weighted by Gasteiger charge is -2.13. The third-order valence-electron chi connectivity index (χ3n) is 3.54. The van der Waals surface area contributed by atoms with E-state index in [9.17, 15) is 4.79 Å². The lowest BCUT2D eigenvalue weighted by Crippen LogP contribution is -2.21. The maximum atomic E-state index is 12.7. The summed E-state index contributed by atoms with van der Waals surface area (Å²) < 4.78 is 1.63. The highest BCUT2D eigenvalue weighted by Crippen LogP contribution is 2.24. The normalized spacial score (nSPS) is 10.8. The van der Waals surface area contributed by atoms with Crippen LogP contribution < -0.4 is 5.56 Å². The van der Waals surface area contributed by atoms with Gasteiger partial charge in [-0.3, -0.25) is 9.36 Å². The number of thioether (sulfide) groups is 2. The molecule has 24 heavy (non-hydrogen) atoms. The van der Waals surface area contributed by atoms with Crippen LogP contribution in [-0.2, 0) is 0 Å². The number of halogens is 1. The lowest BCUT2D eigenvalue weighted by atomic mass is 10.2. The molecule has 0 unspecified atom stereocenters. The second-order valence-corrected chi connectivity index (χ2v) is 7.14. The first-order valence-electron chi connectivity index (χ1n) is 7.21. The van der Waals surface area contributed by atoms with E-state index in [1.807, 2.05) is 48.9 Å². The quantitative estimate of drug-likeness (QED) is 0.475. The molecule has 0 aliphatic heterocycles. The van der Waals surface area contributed by atoms with Crippen molar-refractivity contribution in [2.45, 2.75) is 9.92 Å². The molecule has 3 rings (SSSR count). The maximum Gasteiger partial charge on any atom is 0.259 e. The lowest BCUT2D eigenvalue weighted by molar-refractivity contribution is 0.903. The van der Waals surface area contributed by atoms with Crippen molar-refractivity contribution in [3.05, 3.63) is 70.0 Å². The third kappa shape index (κ3) is 3.53. The number of rotatable bonds is 4. The number of nitrogens with zero attached hydrogens (tertiary/aromatic N) is 2. The third-order valence-corrected chi connectivity index (χ3v) is 5.16. The average Bonchev–Trinajstić information content (AvgIpc) is 2.62. The van der Waals surface area contributed by atoms with Crippen LogP contribution in [0.3, 0.4) is 0 Å². The van der Waals surface area contributed by atoms with Crippen molar-refractivity contribution in [1.82, 2.24) is 9.55 Å². The Hall–Kier alpha value is -1.69. The van der Waals surface area contributed by atoms with Gasteiger partial charge in [0.15, 0.2) is 0 Å². The Morgan fingerprint density at radius 1 is 0.958 bits per heavy atom. The highest BCUT2D eigenvalue weighted by molar-refractivity contribution is 7.98. The number of benzene rings is 2. The van der Waals surface area contributed by atoms with Crippen molar-refractivity contribution in [3.63, 3.8) is 0 Å². The van der Waals surface area contributed by atoms with E-state index < -0.39 is 0 Å². The van der Waals surface area contributed by atoms with E-state index >= 15 is 0 Å². The Kier molecular flexibility index (Phi) is 5.33. The minimum atomic E-state index is -0.101. The summed E-state index contributed by atoms with van der Waals surface area (Å²) >= 11 is 9.10. The second kappa shape index (κ2) is 7.47. The molecule has 0 radical (unpaired) electrons. The van der Waals surface area contributed by atoms with Gasteiger partial charge in [-0.05, 0) is 61.0 Å². The molecule has 1 aromatic heterocycles. The summed E-state index contributed by atoms with van der Waals surface area (Å²) in [6.45, 7) is 0. The summed E-state index contributed by atoms with van der Waals surface area (Å²) in [6.07, 6.45) is 3.93. The molecule has 6 heteroatoms. The van der Waals surface area contributed by atoms with Gasteiger partial charge in [-0.15, -0.1) is 23.5 Å². The zero-order chi connectivity index (χ0) is 17.1. The minimum Gasteiger partial charge on any atom is -0.269 e. The first kappa shape index (κ1) is 17.1.